The SMILES string of the molecule is CCCn1cc(S(=O)(=O)NC(C)CO)c(N)n1. The zero-order valence-corrected chi connectivity index (χ0v) is 10.7. The van der Waals surface area contributed by atoms with Gasteiger partial charge in [-0.2, -0.15) is 5.10 Å². The van der Waals surface area contributed by atoms with Crippen LogP contribution in [0.1, 0.15) is 20.3 Å². The summed E-state index contributed by atoms with van der Waals surface area (Å²) in [6.45, 7) is 3.85. The van der Waals surface area contributed by atoms with Crippen LogP contribution in [0.2, 0.25) is 0 Å². The molecule has 1 aromatic rings. The van der Waals surface area contributed by atoms with Gasteiger partial charge in [0.15, 0.2) is 5.82 Å². The summed E-state index contributed by atoms with van der Waals surface area (Å²) < 4.78 is 27.6. The Morgan fingerprint density at radius 1 is 1.65 bits per heavy atom. The number of hydrogen-bond acceptors (Lipinski definition) is 5. The third kappa shape index (κ3) is 3.42. The number of nitrogens with one attached hydrogen (secondary N) is 1. The number of aliphatic hydroxyl groups is 1. The molecular weight excluding hydrogens is 244 g/mol. The number of nitrogens with zero attached hydrogens (tertiary/aromatic N) is 2. The summed E-state index contributed by atoms with van der Waals surface area (Å²) >= 11 is 0. The van der Waals surface area contributed by atoms with Gasteiger partial charge >= 0.3 is 0 Å². The largest absolute Gasteiger partial charge is 0.395 e. The molecule has 4 N–H and O–H groups in total. The summed E-state index contributed by atoms with van der Waals surface area (Å²) in [7, 11) is -3.72. The molecule has 17 heavy (non-hydrogen) atoms. The van der Waals surface area contributed by atoms with E-state index in [1.807, 2.05) is 6.92 Å². The molecule has 0 aliphatic rings. The van der Waals surface area contributed by atoms with Crippen LogP contribution in [0.5, 0.6) is 0 Å². The van der Waals surface area contributed by atoms with Gasteiger partial charge < -0.3 is 10.8 Å². The van der Waals surface area contributed by atoms with E-state index >= 15 is 0 Å². The molecule has 0 spiro atoms. The molecule has 0 bridgehead atoms. The Bertz CT molecular complexity index is 469. The normalized spacial score (nSPS) is 13.8. The van der Waals surface area contributed by atoms with Crippen molar-refractivity contribution in [3.8, 4) is 0 Å². The first-order valence-corrected chi connectivity index (χ1v) is 6.85. The highest BCUT2D eigenvalue weighted by molar-refractivity contribution is 7.89. The maximum Gasteiger partial charge on any atom is 0.246 e. The first-order valence-electron chi connectivity index (χ1n) is 5.36. The summed E-state index contributed by atoms with van der Waals surface area (Å²) in [6.07, 6.45) is 2.23. The Balaban J connectivity index is 2.98. The van der Waals surface area contributed by atoms with Crippen LogP contribution < -0.4 is 10.5 Å². The van der Waals surface area contributed by atoms with Crippen LogP contribution in [0, 0.1) is 0 Å². The number of nitrogen functional groups attached to an aromatic ring is 1. The molecule has 98 valence electrons. The summed E-state index contributed by atoms with van der Waals surface area (Å²) in [6, 6.07) is -0.561. The molecule has 1 atom stereocenters. The van der Waals surface area contributed by atoms with Crippen LogP contribution in [-0.2, 0) is 16.6 Å². The van der Waals surface area contributed by atoms with Crippen molar-refractivity contribution < 1.29 is 13.5 Å². The van der Waals surface area contributed by atoms with Crippen molar-refractivity contribution >= 4 is 15.8 Å². The molecule has 1 aromatic heterocycles. The van der Waals surface area contributed by atoms with E-state index in [9.17, 15) is 8.42 Å². The monoisotopic (exact) mass is 262 g/mol. The van der Waals surface area contributed by atoms with Crippen LogP contribution >= 0.6 is 0 Å². The third-order valence-electron chi connectivity index (χ3n) is 2.13. The van der Waals surface area contributed by atoms with Crippen molar-refractivity contribution in [2.45, 2.75) is 37.8 Å². The van der Waals surface area contributed by atoms with Crippen LogP contribution in [-0.4, -0.2) is 36.0 Å². The van der Waals surface area contributed by atoms with Gasteiger partial charge in [0.05, 0.1) is 6.61 Å². The molecule has 0 aliphatic heterocycles. The van der Waals surface area contributed by atoms with Crippen molar-refractivity contribution in [3.05, 3.63) is 6.20 Å². The highest BCUT2D eigenvalue weighted by Crippen LogP contribution is 2.16. The highest BCUT2D eigenvalue weighted by Gasteiger charge is 2.22. The molecule has 0 amide bonds. The Kier molecular flexibility index (Phi) is 4.49. The van der Waals surface area contributed by atoms with Gasteiger partial charge in [0.1, 0.15) is 4.90 Å². The van der Waals surface area contributed by atoms with Gasteiger partial charge in [0.25, 0.3) is 0 Å². The lowest BCUT2D eigenvalue weighted by molar-refractivity contribution is 0.265. The number of sulfonamides is 1. The van der Waals surface area contributed by atoms with Crippen LogP contribution in [0.15, 0.2) is 11.1 Å². The summed E-state index contributed by atoms with van der Waals surface area (Å²) in [4.78, 5) is -0.0498. The van der Waals surface area contributed by atoms with E-state index in [1.165, 1.54) is 10.9 Å². The second kappa shape index (κ2) is 5.48. The summed E-state index contributed by atoms with van der Waals surface area (Å²) in [5.41, 5.74) is 5.56. The minimum absolute atomic E-state index is 0.0314. The van der Waals surface area contributed by atoms with Gasteiger partial charge in [0.2, 0.25) is 10.0 Å². The Labute approximate surface area is 101 Å². The number of rotatable bonds is 6. The van der Waals surface area contributed by atoms with E-state index in [0.717, 1.165) is 6.42 Å². The Hall–Kier alpha value is -1.12. The lowest BCUT2D eigenvalue weighted by Crippen LogP contribution is -2.35. The Morgan fingerprint density at radius 2 is 2.29 bits per heavy atom. The minimum atomic E-state index is -3.72. The lowest BCUT2D eigenvalue weighted by atomic mass is 10.4. The molecule has 1 heterocycles. The Morgan fingerprint density at radius 3 is 2.82 bits per heavy atom. The van der Waals surface area contributed by atoms with Gasteiger partial charge in [-0.3, -0.25) is 4.68 Å². The summed E-state index contributed by atoms with van der Waals surface area (Å²) in [5, 5.41) is 12.7. The quantitative estimate of drug-likeness (QED) is 0.642. The smallest absolute Gasteiger partial charge is 0.246 e. The van der Waals surface area contributed by atoms with Gasteiger partial charge in [-0.1, -0.05) is 6.92 Å². The lowest BCUT2D eigenvalue weighted by Gasteiger charge is -2.10. The van der Waals surface area contributed by atoms with Crippen molar-refractivity contribution in [2.24, 2.45) is 0 Å². The molecule has 0 aromatic carbocycles. The number of aliphatic hydroxyl groups excluding tert-OH is 1. The first kappa shape index (κ1) is 13.9. The van der Waals surface area contributed by atoms with E-state index in [4.69, 9.17) is 10.8 Å². The molecule has 1 rings (SSSR count). The van der Waals surface area contributed by atoms with E-state index in [-0.39, 0.29) is 17.3 Å². The fourth-order valence-corrected chi connectivity index (χ4v) is 2.64. The molecule has 0 saturated carbocycles. The standard InChI is InChI=1S/C9H18N4O3S/c1-3-4-13-5-8(9(10)11-13)17(15,16)12-7(2)6-14/h5,7,12,14H,3-4,6H2,1-2H3,(H2,10,11). The topological polar surface area (TPSA) is 110 Å². The predicted molar refractivity (Wildman–Crippen MR) is 63.8 cm³/mol. The van der Waals surface area contributed by atoms with Crippen LogP contribution in [0.4, 0.5) is 5.82 Å². The molecule has 0 saturated heterocycles. The van der Waals surface area contributed by atoms with Gasteiger partial charge in [-0.15, -0.1) is 0 Å². The van der Waals surface area contributed by atoms with Crippen LogP contribution in [0.3, 0.4) is 0 Å². The molecule has 0 fully saturated rings. The van der Waals surface area contributed by atoms with Gasteiger partial charge in [-0.05, 0) is 13.3 Å². The average Bonchev–Trinajstić information content (AvgIpc) is 2.60. The maximum absolute atomic E-state index is 11.9. The summed E-state index contributed by atoms with van der Waals surface area (Å²) in [5.74, 6) is -0.0314. The van der Waals surface area contributed by atoms with Crippen LogP contribution in [0.25, 0.3) is 0 Å². The molecular formula is C9H18N4O3S. The molecule has 1 unspecified atom stereocenters. The average molecular weight is 262 g/mol. The maximum atomic E-state index is 11.9. The zero-order valence-electron chi connectivity index (χ0n) is 9.92. The number of anilines is 1. The molecule has 0 radical (unpaired) electrons. The van der Waals surface area contributed by atoms with Crippen molar-refractivity contribution in [1.82, 2.24) is 14.5 Å². The van der Waals surface area contributed by atoms with E-state index in [1.54, 1.807) is 6.92 Å². The minimum Gasteiger partial charge on any atom is -0.395 e. The number of nitrogens with two attached hydrogens (primary N) is 1. The molecule has 0 aliphatic carbocycles. The van der Waals surface area contributed by atoms with E-state index in [0.29, 0.717) is 6.54 Å². The predicted octanol–water partition coefficient (Wildman–Crippen LogP) is -0.466. The van der Waals surface area contributed by atoms with Crippen molar-refractivity contribution in [2.75, 3.05) is 12.3 Å². The fraction of sp³-hybridized carbons (Fsp3) is 0.667. The fourth-order valence-electron chi connectivity index (χ4n) is 1.33. The molecule has 7 nitrogen and oxygen atoms in total. The van der Waals surface area contributed by atoms with E-state index in [2.05, 4.69) is 9.82 Å². The number of aryl methyl sites for hydroxylation is 1. The zero-order chi connectivity index (χ0) is 13.1. The van der Waals surface area contributed by atoms with Gasteiger partial charge in [-0.25, -0.2) is 13.1 Å². The third-order valence-corrected chi connectivity index (χ3v) is 3.73. The highest BCUT2D eigenvalue weighted by atomic mass is 32.2. The van der Waals surface area contributed by atoms with E-state index < -0.39 is 16.1 Å². The number of aromatic nitrogens is 2. The second-order valence-electron chi connectivity index (χ2n) is 3.85. The van der Waals surface area contributed by atoms with Gasteiger partial charge in [0, 0.05) is 18.8 Å². The van der Waals surface area contributed by atoms with Crippen molar-refractivity contribution in [1.29, 1.82) is 0 Å². The van der Waals surface area contributed by atoms with Crippen molar-refractivity contribution in [3.63, 3.8) is 0 Å². The first-order chi connectivity index (χ1) is 7.90. The number of hydrogen-bond donors (Lipinski definition) is 3. The second-order valence-corrected chi connectivity index (χ2v) is 5.53. The molecule has 8 heteroatoms.